The molecular formula is C18H17ClN2O3. The van der Waals surface area contributed by atoms with Crippen molar-refractivity contribution in [3.05, 3.63) is 59.1 Å². The molecule has 0 aromatic heterocycles. The summed E-state index contributed by atoms with van der Waals surface area (Å²) in [5.41, 5.74) is 1.02. The maximum atomic E-state index is 12.6. The summed E-state index contributed by atoms with van der Waals surface area (Å²) < 4.78 is 0. The fourth-order valence-corrected chi connectivity index (χ4v) is 3.07. The topological polar surface area (TPSA) is 60.9 Å². The van der Waals surface area contributed by atoms with Crippen LogP contribution in [0.2, 0.25) is 5.02 Å². The second-order valence-corrected chi connectivity index (χ2v) is 6.20. The minimum absolute atomic E-state index is 0.0227. The largest absolute Gasteiger partial charge is 0.508 e. The molecule has 2 aromatic carbocycles. The van der Waals surface area contributed by atoms with Gasteiger partial charge in [0.2, 0.25) is 5.91 Å². The minimum Gasteiger partial charge on any atom is -0.508 e. The summed E-state index contributed by atoms with van der Waals surface area (Å²) in [6, 6.07) is 13.1. The number of carbonyl (C=O) groups excluding carboxylic acids is 2. The van der Waals surface area contributed by atoms with E-state index in [1.165, 1.54) is 17.0 Å². The Morgan fingerprint density at radius 2 is 1.96 bits per heavy atom. The van der Waals surface area contributed by atoms with E-state index >= 15 is 0 Å². The number of anilines is 1. The first-order chi connectivity index (χ1) is 11.5. The lowest BCUT2D eigenvalue weighted by Gasteiger charge is -2.39. The van der Waals surface area contributed by atoms with Crippen LogP contribution in [0.1, 0.15) is 17.3 Å². The van der Waals surface area contributed by atoms with Crippen LogP contribution in [0, 0.1) is 0 Å². The number of piperazine rings is 1. The van der Waals surface area contributed by atoms with Gasteiger partial charge < -0.3 is 14.9 Å². The van der Waals surface area contributed by atoms with Gasteiger partial charge in [-0.25, -0.2) is 0 Å². The van der Waals surface area contributed by atoms with E-state index in [-0.39, 0.29) is 30.2 Å². The van der Waals surface area contributed by atoms with Gasteiger partial charge >= 0.3 is 0 Å². The van der Waals surface area contributed by atoms with Crippen LogP contribution in [0.4, 0.5) is 5.69 Å². The Morgan fingerprint density at radius 3 is 2.67 bits per heavy atom. The number of phenols is 1. The molecule has 24 heavy (non-hydrogen) atoms. The summed E-state index contributed by atoms with van der Waals surface area (Å²) >= 11 is 6.18. The van der Waals surface area contributed by atoms with Gasteiger partial charge in [0.1, 0.15) is 12.3 Å². The molecule has 1 N–H and O–H groups in total. The number of aromatic hydroxyl groups is 1. The number of hydrogen-bond donors (Lipinski definition) is 1. The fourth-order valence-electron chi connectivity index (χ4n) is 2.83. The van der Waals surface area contributed by atoms with Crippen LogP contribution in [0.15, 0.2) is 48.5 Å². The van der Waals surface area contributed by atoms with Crippen LogP contribution in [0.3, 0.4) is 0 Å². The van der Waals surface area contributed by atoms with Crippen LogP contribution in [0.25, 0.3) is 0 Å². The summed E-state index contributed by atoms with van der Waals surface area (Å²) in [5.74, 6) is -0.435. The zero-order valence-corrected chi connectivity index (χ0v) is 13.9. The Morgan fingerprint density at radius 1 is 1.21 bits per heavy atom. The smallest absolute Gasteiger partial charge is 0.254 e. The molecule has 0 radical (unpaired) electrons. The zero-order chi connectivity index (χ0) is 17.3. The minimum atomic E-state index is -0.273. The van der Waals surface area contributed by atoms with E-state index in [9.17, 15) is 14.7 Å². The molecule has 0 bridgehead atoms. The SMILES string of the molecule is CC1CN(c2ccccc2Cl)C(=O)CN1C(=O)c1cccc(O)c1. The predicted octanol–water partition coefficient (Wildman–Crippen LogP) is 2.92. The number of carbonyl (C=O) groups is 2. The highest BCUT2D eigenvalue weighted by Gasteiger charge is 2.34. The molecule has 124 valence electrons. The summed E-state index contributed by atoms with van der Waals surface area (Å²) in [6.07, 6.45) is 0. The highest BCUT2D eigenvalue weighted by atomic mass is 35.5. The number of hydrogen-bond acceptors (Lipinski definition) is 3. The van der Waals surface area contributed by atoms with Crippen LogP contribution < -0.4 is 4.90 Å². The van der Waals surface area contributed by atoms with E-state index in [1.54, 1.807) is 35.2 Å². The van der Waals surface area contributed by atoms with Crippen molar-refractivity contribution in [2.45, 2.75) is 13.0 Å². The van der Waals surface area contributed by atoms with E-state index in [1.807, 2.05) is 13.0 Å². The molecule has 6 heteroatoms. The summed E-state index contributed by atoms with van der Waals surface area (Å²) in [5, 5.41) is 10.0. The first-order valence-electron chi connectivity index (χ1n) is 7.62. The van der Waals surface area contributed by atoms with Crippen molar-refractivity contribution in [1.82, 2.24) is 4.90 Å². The molecule has 0 saturated carbocycles. The number of para-hydroxylation sites is 1. The molecular weight excluding hydrogens is 328 g/mol. The van der Waals surface area contributed by atoms with Crippen molar-refractivity contribution in [3.63, 3.8) is 0 Å². The quantitative estimate of drug-likeness (QED) is 0.911. The first-order valence-corrected chi connectivity index (χ1v) is 8.00. The molecule has 0 aliphatic carbocycles. The summed E-state index contributed by atoms with van der Waals surface area (Å²) in [4.78, 5) is 28.3. The number of halogens is 1. The molecule has 1 heterocycles. The standard InChI is InChI=1S/C18H17ClN2O3/c1-12-10-21(16-8-3-2-7-15(16)19)17(23)11-20(12)18(24)13-5-4-6-14(22)9-13/h2-9,12,22H,10-11H2,1H3. The van der Waals surface area contributed by atoms with Crippen molar-refractivity contribution in [2.24, 2.45) is 0 Å². The number of phenolic OH excluding ortho intramolecular Hbond substituents is 1. The molecule has 1 fully saturated rings. The molecule has 2 amide bonds. The van der Waals surface area contributed by atoms with Gasteiger partial charge in [0.15, 0.2) is 0 Å². The second-order valence-electron chi connectivity index (χ2n) is 5.79. The van der Waals surface area contributed by atoms with Crippen LogP contribution in [-0.4, -0.2) is 41.0 Å². The molecule has 1 atom stereocenters. The third kappa shape index (κ3) is 3.08. The van der Waals surface area contributed by atoms with Gasteiger partial charge in [0, 0.05) is 18.2 Å². The Kier molecular flexibility index (Phi) is 4.44. The van der Waals surface area contributed by atoms with E-state index in [0.717, 1.165) is 0 Å². The lowest BCUT2D eigenvalue weighted by Crippen LogP contribution is -2.57. The second kappa shape index (κ2) is 6.53. The summed E-state index contributed by atoms with van der Waals surface area (Å²) in [6.45, 7) is 2.23. The first kappa shape index (κ1) is 16.3. The monoisotopic (exact) mass is 344 g/mol. The van der Waals surface area contributed by atoms with Gasteiger partial charge in [-0.1, -0.05) is 29.8 Å². The van der Waals surface area contributed by atoms with Gasteiger partial charge in [-0.2, -0.15) is 0 Å². The number of nitrogens with zero attached hydrogens (tertiary/aromatic N) is 2. The highest BCUT2D eigenvalue weighted by molar-refractivity contribution is 6.33. The van der Waals surface area contributed by atoms with E-state index < -0.39 is 0 Å². The number of benzene rings is 2. The van der Waals surface area contributed by atoms with Gasteiger partial charge in [0.25, 0.3) is 5.91 Å². The van der Waals surface area contributed by atoms with Crippen molar-refractivity contribution < 1.29 is 14.7 Å². The van der Waals surface area contributed by atoms with Crippen molar-refractivity contribution >= 4 is 29.1 Å². The molecule has 5 nitrogen and oxygen atoms in total. The normalized spacial score (nSPS) is 17.9. The van der Waals surface area contributed by atoms with Gasteiger partial charge in [0.05, 0.1) is 10.7 Å². The lowest BCUT2D eigenvalue weighted by molar-refractivity contribution is -0.121. The molecule has 3 rings (SSSR count). The average Bonchev–Trinajstić information content (AvgIpc) is 2.56. The van der Waals surface area contributed by atoms with Crippen molar-refractivity contribution in [1.29, 1.82) is 0 Å². The fraction of sp³-hybridized carbons (Fsp3) is 0.222. The molecule has 1 saturated heterocycles. The Bertz CT molecular complexity index is 793. The van der Waals surface area contributed by atoms with E-state index in [2.05, 4.69) is 0 Å². The average molecular weight is 345 g/mol. The predicted molar refractivity (Wildman–Crippen MR) is 92.4 cm³/mol. The molecule has 1 unspecified atom stereocenters. The van der Waals surface area contributed by atoms with Crippen LogP contribution >= 0.6 is 11.6 Å². The van der Waals surface area contributed by atoms with Crippen molar-refractivity contribution in [2.75, 3.05) is 18.0 Å². The van der Waals surface area contributed by atoms with Gasteiger partial charge in [-0.05, 0) is 37.3 Å². The lowest BCUT2D eigenvalue weighted by atomic mass is 10.1. The highest BCUT2D eigenvalue weighted by Crippen LogP contribution is 2.28. The maximum Gasteiger partial charge on any atom is 0.254 e. The van der Waals surface area contributed by atoms with Crippen molar-refractivity contribution in [3.8, 4) is 5.75 Å². The van der Waals surface area contributed by atoms with E-state index in [4.69, 9.17) is 11.6 Å². The Hall–Kier alpha value is -2.53. The molecule has 2 aromatic rings. The van der Waals surface area contributed by atoms with Gasteiger partial charge in [-0.3, -0.25) is 9.59 Å². The number of amides is 2. The van der Waals surface area contributed by atoms with Crippen LogP contribution in [0.5, 0.6) is 5.75 Å². The maximum absolute atomic E-state index is 12.6. The summed E-state index contributed by atoms with van der Waals surface area (Å²) in [7, 11) is 0. The molecule has 1 aliphatic heterocycles. The Balaban J connectivity index is 1.82. The van der Waals surface area contributed by atoms with Gasteiger partial charge in [-0.15, -0.1) is 0 Å². The third-order valence-electron chi connectivity index (χ3n) is 4.08. The zero-order valence-electron chi connectivity index (χ0n) is 13.1. The third-order valence-corrected chi connectivity index (χ3v) is 4.40. The van der Waals surface area contributed by atoms with E-state index in [0.29, 0.717) is 22.8 Å². The Labute approximate surface area is 145 Å². The molecule has 1 aliphatic rings. The number of rotatable bonds is 2. The van der Waals surface area contributed by atoms with Crippen LogP contribution in [-0.2, 0) is 4.79 Å². The molecule has 0 spiro atoms.